The van der Waals surface area contributed by atoms with Gasteiger partial charge >= 0.3 is 0 Å². The predicted molar refractivity (Wildman–Crippen MR) is 82.6 cm³/mol. The van der Waals surface area contributed by atoms with E-state index in [9.17, 15) is 5.11 Å². The number of benzene rings is 2. The number of halogens is 2. The highest BCUT2D eigenvalue weighted by atomic mass is 35.5. The number of para-hydroxylation sites is 1. The summed E-state index contributed by atoms with van der Waals surface area (Å²) in [5.74, 6) is 1.28. The largest absolute Gasteiger partial charge is 0.486 e. The molecule has 3 nitrogen and oxygen atoms in total. The molecule has 2 aromatic carbocycles. The highest BCUT2D eigenvalue weighted by molar-refractivity contribution is 6.35. The van der Waals surface area contributed by atoms with Crippen LogP contribution in [0.3, 0.4) is 0 Å². The van der Waals surface area contributed by atoms with E-state index in [0.717, 1.165) is 5.56 Å². The number of rotatable bonds is 3. The first-order valence-corrected chi connectivity index (χ1v) is 7.41. The van der Waals surface area contributed by atoms with Gasteiger partial charge in [0.15, 0.2) is 11.5 Å². The fourth-order valence-electron chi connectivity index (χ4n) is 2.36. The van der Waals surface area contributed by atoms with Gasteiger partial charge in [-0.05, 0) is 23.8 Å². The number of aliphatic hydroxyl groups is 1. The number of aliphatic hydroxyl groups excluding tert-OH is 1. The standard InChI is InChI=1S/C16H14Cl2O3/c17-11-5-4-10(13(18)9-11)8-14(19)12-2-1-3-15-16(12)21-7-6-20-15/h1-5,9,14,19H,6-8H2. The maximum Gasteiger partial charge on any atom is 0.167 e. The average Bonchev–Trinajstić information content (AvgIpc) is 2.49. The molecule has 1 unspecified atom stereocenters. The van der Waals surface area contributed by atoms with Crippen molar-refractivity contribution in [3.63, 3.8) is 0 Å². The Hall–Kier alpha value is -1.42. The summed E-state index contributed by atoms with van der Waals surface area (Å²) in [5.41, 5.74) is 1.54. The molecule has 0 fully saturated rings. The monoisotopic (exact) mass is 324 g/mol. The van der Waals surface area contributed by atoms with Crippen molar-refractivity contribution in [2.45, 2.75) is 12.5 Å². The van der Waals surface area contributed by atoms with Crippen LogP contribution in [-0.4, -0.2) is 18.3 Å². The summed E-state index contributed by atoms with van der Waals surface area (Å²) in [5, 5.41) is 11.6. The molecule has 2 aromatic rings. The molecule has 0 radical (unpaired) electrons. The van der Waals surface area contributed by atoms with Crippen LogP contribution in [0.2, 0.25) is 10.0 Å². The lowest BCUT2D eigenvalue weighted by atomic mass is 10.00. The summed E-state index contributed by atoms with van der Waals surface area (Å²) >= 11 is 12.0. The molecule has 1 aliphatic heterocycles. The maximum atomic E-state index is 10.5. The second-order valence-electron chi connectivity index (χ2n) is 4.83. The lowest BCUT2D eigenvalue weighted by Crippen LogP contribution is -2.17. The SMILES string of the molecule is OC(Cc1ccc(Cl)cc1Cl)c1cccc2c1OCCO2. The number of ether oxygens (including phenoxy) is 2. The van der Waals surface area contributed by atoms with Crippen LogP contribution in [-0.2, 0) is 6.42 Å². The Kier molecular flexibility index (Phi) is 4.24. The van der Waals surface area contributed by atoms with Gasteiger partial charge in [0, 0.05) is 22.0 Å². The van der Waals surface area contributed by atoms with Crippen molar-refractivity contribution in [3.05, 3.63) is 57.6 Å². The third-order valence-corrected chi connectivity index (χ3v) is 3.97. The van der Waals surface area contributed by atoms with Crippen LogP contribution in [0.5, 0.6) is 11.5 Å². The molecule has 5 heteroatoms. The van der Waals surface area contributed by atoms with E-state index in [2.05, 4.69) is 0 Å². The maximum absolute atomic E-state index is 10.5. The molecule has 0 spiro atoms. The molecule has 0 aromatic heterocycles. The Labute approximate surface area is 133 Å². The van der Waals surface area contributed by atoms with Crippen molar-refractivity contribution in [3.8, 4) is 11.5 Å². The van der Waals surface area contributed by atoms with Crippen molar-refractivity contribution in [1.29, 1.82) is 0 Å². The van der Waals surface area contributed by atoms with Gasteiger partial charge in [0.25, 0.3) is 0 Å². The van der Waals surface area contributed by atoms with Gasteiger partial charge in [-0.2, -0.15) is 0 Å². The lowest BCUT2D eigenvalue weighted by molar-refractivity contribution is 0.146. The summed E-state index contributed by atoms with van der Waals surface area (Å²) in [6, 6.07) is 10.8. The number of fused-ring (bicyclic) bond motifs is 1. The van der Waals surface area contributed by atoms with Crippen LogP contribution < -0.4 is 9.47 Å². The first kappa shape index (κ1) is 14.5. The third kappa shape index (κ3) is 3.10. The van der Waals surface area contributed by atoms with E-state index in [4.69, 9.17) is 32.7 Å². The van der Waals surface area contributed by atoms with Gasteiger partial charge in [0.05, 0.1) is 6.10 Å². The van der Waals surface area contributed by atoms with Crippen molar-refractivity contribution < 1.29 is 14.6 Å². The zero-order valence-corrected chi connectivity index (χ0v) is 12.7. The minimum atomic E-state index is -0.722. The van der Waals surface area contributed by atoms with E-state index in [1.54, 1.807) is 12.1 Å². The molecule has 21 heavy (non-hydrogen) atoms. The molecule has 1 heterocycles. The van der Waals surface area contributed by atoms with E-state index in [1.807, 2.05) is 24.3 Å². The Balaban J connectivity index is 1.87. The van der Waals surface area contributed by atoms with Crippen molar-refractivity contribution >= 4 is 23.2 Å². The molecule has 1 N–H and O–H groups in total. The van der Waals surface area contributed by atoms with Crippen LogP contribution in [0.1, 0.15) is 17.2 Å². The molecule has 3 rings (SSSR count). The second-order valence-corrected chi connectivity index (χ2v) is 5.67. The number of hydrogen-bond donors (Lipinski definition) is 1. The van der Waals surface area contributed by atoms with E-state index in [0.29, 0.717) is 46.7 Å². The predicted octanol–water partition coefficient (Wildman–Crippen LogP) is 4.04. The van der Waals surface area contributed by atoms with Crippen molar-refractivity contribution in [1.82, 2.24) is 0 Å². The Morgan fingerprint density at radius 3 is 2.71 bits per heavy atom. The molecule has 0 saturated heterocycles. The van der Waals surface area contributed by atoms with Gasteiger partial charge in [0.1, 0.15) is 13.2 Å². The third-order valence-electron chi connectivity index (χ3n) is 3.38. The van der Waals surface area contributed by atoms with Crippen LogP contribution in [0.4, 0.5) is 0 Å². The van der Waals surface area contributed by atoms with Crippen LogP contribution >= 0.6 is 23.2 Å². The fraction of sp³-hybridized carbons (Fsp3) is 0.250. The molecular weight excluding hydrogens is 311 g/mol. The first-order valence-electron chi connectivity index (χ1n) is 6.65. The molecular formula is C16H14Cl2O3. The topological polar surface area (TPSA) is 38.7 Å². The van der Waals surface area contributed by atoms with E-state index in [-0.39, 0.29) is 0 Å². The van der Waals surface area contributed by atoms with E-state index in [1.165, 1.54) is 0 Å². The summed E-state index contributed by atoms with van der Waals surface area (Å²) in [4.78, 5) is 0. The normalized spacial score (nSPS) is 14.8. The quantitative estimate of drug-likeness (QED) is 0.926. The van der Waals surface area contributed by atoms with Crippen LogP contribution in [0, 0.1) is 0 Å². The molecule has 0 saturated carbocycles. The van der Waals surface area contributed by atoms with Crippen molar-refractivity contribution in [2.75, 3.05) is 13.2 Å². The van der Waals surface area contributed by atoms with E-state index >= 15 is 0 Å². The summed E-state index contributed by atoms with van der Waals surface area (Å²) < 4.78 is 11.1. The van der Waals surface area contributed by atoms with Gasteiger partial charge in [0.2, 0.25) is 0 Å². The summed E-state index contributed by atoms with van der Waals surface area (Å²) in [7, 11) is 0. The van der Waals surface area contributed by atoms with Gasteiger partial charge in [-0.1, -0.05) is 41.4 Å². The van der Waals surface area contributed by atoms with Gasteiger partial charge < -0.3 is 14.6 Å². The van der Waals surface area contributed by atoms with Gasteiger partial charge in [-0.25, -0.2) is 0 Å². The summed E-state index contributed by atoms with van der Waals surface area (Å²) in [6.07, 6.45) is -0.337. The van der Waals surface area contributed by atoms with E-state index < -0.39 is 6.10 Å². The highest BCUT2D eigenvalue weighted by Crippen LogP contribution is 2.38. The first-order chi connectivity index (χ1) is 10.1. The molecule has 110 valence electrons. The summed E-state index contributed by atoms with van der Waals surface area (Å²) in [6.45, 7) is 1.01. The van der Waals surface area contributed by atoms with Crippen LogP contribution in [0.15, 0.2) is 36.4 Å². The highest BCUT2D eigenvalue weighted by Gasteiger charge is 2.21. The molecule has 0 amide bonds. The van der Waals surface area contributed by atoms with Crippen LogP contribution in [0.25, 0.3) is 0 Å². The fourth-order valence-corrected chi connectivity index (χ4v) is 2.85. The van der Waals surface area contributed by atoms with Crippen molar-refractivity contribution in [2.24, 2.45) is 0 Å². The lowest BCUT2D eigenvalue weighted by Gasteiger charge is -2.23. The Bertz CT molecular complexity index is 658. The Morgan fingerprint density at radius 2 is 1.90 bits per heavy atom. The smallest absolute Gasteiger partial charge is 0.167 e. The zero-order chi connectivity index (χ0) is 14.8. The minimum Gasteiger partial charge on any atom is -0.486 e. The number of hydrogen-bond acceptors (Lipinski definition) is 3. The molecule has 0 aliphatic carbocycles. The van der Waals surface area contributed by atoms with Gasteiger partial charge in [-0.15, -0.1) is 0 Å². The second kappa shape index (κ2) is 6.14. The zero-order valence-electron chi connectivity index (χ0n) is 11.2. The van der Waals surface area contributed by atoms with Gasteiger partial charge in [-0.3, -0.25) is 0 Å². The molecule has 1 aliphatic rings. The molecule has 1 atom stereocenters. The molecule has 0 bridgehead atoms. The Morgan fingerprint density at radius 1 is 1.10 bits per heavy atom. The average molecular weight is 325 g/mol. The minimum absolute atomic E-state index is 0.385.